The number of aromatic carboxylic acids is 2. The van der Waals surface area contributed by atoms with Crippen molar-refractivity contribution in [2.24, 2.45) is 0 Å². The van der Waals surface area contributed by atoms with Gasteiger partial charge in [0.15, 0.2) is 5.69 Å². The number of carbonyl (C=O) groups is 2. The summed E-state index contributed by atoms with van der Waals surface area (Å²) in [5.41, 5.74) is 1.18. The van der Waals surface area contributed by atoms with Crippen LogP contribution in [0.3, 0.4) is 0 Å². The number of hydrogen-bond donors (Lipinski definition) is 2. The summed E-state index contributed by atoms with van der Waals surface area (Å²) < 4.78 is 0. The van der Waals surface area contributed by atoms with Crippen LogP contribution in [0.15, 0.2) is 54.6 Å². The summed E-state index contributed by atoms with van der Waals surface area (Å²) in [6.45, 7) is 0. The minimum absolute atomic E-state index is 0.0142. The number of carboxylic acids is 2. The highest BCUT2D eigenvalue weighted by atomic mass is 16.4. The highest BCUT2D eigenvalue weighted by molar-refractivity contribution is 6.05. The van der Waals surface area contributed by atoms with E-state index in [2.05, 4.69) is 4.98 Å². The summed E-state index contributed by atoms with van der Waals surface area (Å²) in [7, 11) is 0. The van der Waals surface area contributed by atoms with Gasteiger partial charge in [-0.3, -0.25) is 0 Å². The Morgan fingerprint density at radius 1 is 0.864 bits per heavy atom. The zero-order chi connectivity index (χ0) is 15.7. The van der Waals surface area contributed by atoms with E-state index in [9.17, 15) is 19.8 Å². The lowest BCUT2D eigenvalue weighted by Crippen LogP contribution is -2.06. The van der Waals surface area contributed by atoms with E-state index in [4.69, 9.17) is 0 Å². The maximum atomic E-state index is 11.5. The summed E-state index contributed by atoms with van der Waals surface area (Å²) in [5.74, 6) is -2.33. The molecule has 0 aliphatic rings. The highest BCUT2D eigenvalue weighted by Crippen LogP contribution is 2.28. The third-order valence-corrected chi connectivity index (χ3v) is 3.36. The molecule has 0 aliphatic heterocycles. The van der Waals surface area contributed by atoms with Crippen molar-refractivity contribution < 1.29 is 19.8 Å². The van der Waals surface area contributed by atoms with Crippen LogP contribution < -0.4 is 0 Å². The van der Waals surface area contributed by atoms with Crippen LogP contribution in [0.2, 0.25) is 0 Å². The van der Waals surface area contributed by atoms with Crippen LogP contribution in [-0.4, -0.2) is 27.1 Å². The van der Waals surface area contributed by atoms with E-state index in [1.54, 1.807) is 42.5 Å². The zero-order valence-electron chi connectivity index (χ0n) is 11.4. The van der Waals surface area contributed by atoms with Crippen molar-refractivity contribution in [1.29, 1.82) is 0 Å². The lowest BCUT2D eigenvalue weighted by molar-refractivity contribution is 0.0681. The van der Waals surface area contributed by atoms with Crippen LogP contribution in [-0.2, 0) is 0 Å². The Morgan fingerprint density at radius 2 is 1.59 bits per heavy atom. The van der Waals surface area contributed by atoms with Gasteiger partial charge in [-0.15, -0.1) is 0 Å². The van der Waals surface area contributed by atoms with Crippen molar-refractivity contribution in [3.63, 3.8) is 0 Å². The minimum Gasteiger partial charge on any atom is -0.478 e. The van der Waals surface area contributed by atoms with E-state index in [0.29, 0.717) is 10.9 Å². The van der Waals surface area contributed by atoms with Crippen LogP contribution in [0, 0.1) is 0 Å². The molecule has 22 heavy (non-hydrogen) atoms. The van der Waals surface area contributed by atoms with E-state index in [1.165, 1.54) is 6.07 Å². The summed E-state index contributed by atoms with van der Waals surface area (Å²) in [5, 5.41) is 19.2. The number of nitrogens with zero attached hydrogens (tertiary/aromatic N) is 1. The smallest absolute Gasteiger partial charge is 0.355 e. The Kier molecular flexibility index (Phi) is 3.31. The maximum absolute atomic E-state index is 11.5. The average Bonchev–Trinajstić information content (AvgIpc) is 2.53. The van der Waals surface area contributed by atoms with Crippen LogP contribution in [0.5, 0.6) is 0 Å². The van der Waals surface area contributed by atoms with Crippen molar-refractivity contribution in [2.75, 3.05) is 0 Å². The second-order valence-electron chi connectivity index (χ2n) is 4.74. The quantitative estimate of drug-likeness (QED) is 0.773. The van der Waals surface area contributed by atoms with Gasteiger partial charge in [-0.1, -0.05) is 42.5 Å². The van der Waals surface area contributed by atoms with Crippen molar-refractivity contribution in [2.45, 2.75) is 0 Å². The first-order valence-corrected chi connectivity index (χ1v) is 6.53. The first kappa shape index (κ1) is 13.8. The molecule has 0 saturated carbocycles. The standard InChI is InChI=1S/C17H11NO4/c19-16(20)12-8-4-7-11-9-13(10-5-2-1-3-6-10)15(17(21)22)18-14(11)12/h1-9H,(H,19,20)(H,21,22). The first-order chi connectivity index (χ1) is 10.6. The lowest BCUT2D eigenvalue weighted by Gasteiger charge is -2.09. The maximum Gasteiger partial charge on any atom is 0.355 e. The Balaban J connectivity index is 2.37. The predicted octanol–water partition coefficient (Wildman–Crippen LogP) is 3.30. The molecule has 0 unspecified atom stereocenters. The highest BCUT2D eigenvalue weighted by Gasteiger charge is 2.18. The molecule has 2 aromatic carbocycles. The summed E-state index contributed by atoms with van der Waals surface area (Å²) >= 11 is 0. The van der Waals surface area contributed by atoms with Gasteiger partial charge in [0.25, 0.3) is 0 Å². The van der Waals surface area contributed by atoms with Gasteiger partial charge in [0.1, 0.15) is 0 Å². The molecule has 3 rings (SSSR count). The number of pyridine rings is 1. The van der Waals surface area contributed by atoms with Crippen molar-refractivity contribution in [1.82, 2.24) is 4.98 Å². The molecule has 2 N–H and O–H groups in total. The minimum atomic E-state index is -1.19. The van der Waals surface area contributed by atoms with Crippen molar-refractivity contribution in [3.05, 3.63) is 65.9 Å². The van der Waals surface area contributed by atoms with Gasteiger partial charge in [0, 0.05) is 10.9 Å². The first-order valence-electron chi connectivity index (χ1n) is 6.53. The fraction of sp³-hybridized carbons (Fsp3) is 0. The normalized spacial score (nSPS) is 10.5. The van der Waals surface area contributed by atoms with Crippen molar-refractivity contribution >= 4 is 22.8 Å². The lowest BCUT2D eigenvalue weighted by atomic mass is 10.00. The summed E-state index contributed by atoms with van der Waals surface area (Å²) in [6, 6.07) is 15.4. The largest absolute Gasteiger partial charge is 0.478 e. The van der Waals surface area contributed by atoms with Gasteiger partial charge >= 0.3 is 11.9 Å². The summed E-state index contributed by atoms with van der Waals surface area (Å²) in [4.78, 5) is 26.9. The van der Waals surface area contributed by atoms with E-state index >= 15 is 0 Å². The molecule has 1 heterocycles. The van der Waals surface area contributed by atoms with Crippen LogP contribution in [0.4, 0.5) is 0 Å². The second kappa shape index (κ2) is 5.29. The number of benzene rings is 2. The molecule has 0 amide bonds. The van der Waals surface area contributed by atoms with E-state index < -0.39 is 11.9 Å². The Bertz CT molecular complexity index is 888. The molecule has 0 radical (unpaired) electrons. The molecule has 108 valence electrons. The Labute approximate surface area is 125 Å². The molecule has 0 saturated heterocycles. The average molecular weight is 293 g/mol. The fourth-order valence-corrected chi connectivity index (χ4v) is 2.37. The third-order valence-electron chi connectivity index (χ3n) is 3.36. The van der Waals surface area contributed by atoms with Gasteiger partial charge in [-0.2, -0.15) is 0 Å². The SMILES string of the molecule is O=C(O)c1nc2c(C(=O)O)cccc2cc1-c1ccccc1. The summed E-state index contributed by atoms with van der Waals surface area (Å²) in [6.07, 6.45) is 0. The molecule has 1 aromatic heterocycles. The Morgan fingerprint density at radius 3 is 2.23 bits per heavy atom. The van der Waals surface area contributed by atoms with Crippen LogP contribution in [0.1, 0.15) is 20.8 Å². The number of fused-ring (bicyclic) bond motifs is 1. The number of carboxylic acid groups (broad SMARTS) is 2. The Hall–Kier alpha value is -3.21. The molecule has 0 aliphatic carbocycles. The third kappa shape index (κ3) is 2.29. The molecule has 0 bridgehead atoms. The number of rotatable bonds is 3. The van der Waals surface area contributed by atoms with Gasteiger partial charge in [0.2, 0.25) is 0 Å². The molecule has 0 fully saturated rings. The molecular formula is C17H11NO4. The van der Waals surface area contributed by atoms with E-state index in [-0.39, 0.29) is 16.8 Å². The van der Waals surface area contributed by atoms with Gasteiger partial charge in [0.05, 0.1) is 11.1 Å². The molecule has 3 aromatic rings. The van der Waals surface area contributed by atoms with Crippen molar-refractivity contribution in [3.8, 4) is 11.1 Å². The van der Waals surface area contributed by atoms with Gasteiger partial charge in [-0.25, -0.2) is 14.6 Å². The molecular weight excluding hydrogens is 282 g/mol. The zero-order valence-corrected chi connectivity index (χ0v) is 11.4. The fourth-order valence-electron chi connectivity index (χ4n) is 2.37. The van der Waals surface area contributed by atoms with Gasteiger partial charge in [-0.05, 0) is 17.7 Å². The molecule has 0 atom stereocenters. The number of aromatic nitrogens is 1. The van der Waals surface area contributed by atoms with Gasteiger partial charge < -0.3 is 10.2 Å². The van der Waals surface area contributed by atoms with Crippen LogP contribution >= 0.6 is 0 Å². The van der Waals surface area contributed by atoms with E-state index in [1.807, 2.05) is 6.07 Å². The van der Waals surface area contributed by atoms with E-state index in [0.717, 1.165) is 5.56 Å². The second-order valence-corrected chi connectivity index (χ2v) is 4.74. The predicted molar refractivity (Wildman–Crippen MR) is 81.1 cm³/mol. The number of para-hydroxylation sites is 1. The monoisotopic (exact) mass is 293 g/mol. The molecule has 5 nitrogen and oxygen atoms in total. The van der Waals surface area contributed by atoms with Crippen LogP contribution in [0.25, 0.3) is 22.0 Å². The number of hydrogen-bond acceptors (Lipinski definition) is 3. The topological polar surface area (TPSA) is 87.5 Å². The molecule has 0 spiro atoms. The molecule has 5 heteroatoms.